The van der Waals surface area contributed by atoms with E-state index in [4.69, 9.17) is 9.40 Å². The highest BCUT2D eigenvalue weighted by molar-refractivity contribution is 6.42. The molecule has 0 N–H and O–H groups in total. The van der Waals surface area contributed by atoms with E-state index in [0.29, 0.717) is 16.9 Å². The van der Waals surface area contributed by atoms with Crippen molar-refractivity contribution in [3.63, 3.8) is 0 Å². The Morgan fingerprint density at radius 3 is 1.81 bits per heavy atom. The number of nitrogens with zero attached hydrogens (tertiary/aromatic N) is 2. The number of carbonyl (C=O) groups excluding carboxylic acids is 2. The van der Waals surface area contributed by atoms with Gasteiger partial charge in [-0.3, -0.25) is 14.5 Å². The molecule has 2 heterocycles. The van der Waals surface area contributed by atoms with Gasteiger partial charge in [0.2, 0.25) is 0 Å². The smallest absolute Gasteiger partial charge is 0.197 e. The van der Waals surface area contributed by atoms with Crippen LogP contribution in [0.3, 0.4) is 0 Å². The van der Waals surface area contributed by atoms with Gasteiger partial charge in [-0.2, -0.15) is 0 Å². The molecule has 0 radical (unpaired) electrons. The standard InChI is InChI=1S/C38H26N2O3/c1-38(2)32-21-34(40(25-13-5-3-6-14-25)26-15-7-4-8-16-26)39-22-31(32)37-33(38)20-27(43-37)19-30-35(41)28-17-23-11-9-10-12-24(23)18-29(28)36(30)42/h3-22H,1-2H3. The molecule has 5 nitrogen and oxygen atoms in total. The summed E-state index contributed by atoms with van der Waals surface area (Å²) in [6.07, 6.45) is 3.46. The highest BCUT2D eigenvalue weighted by atomic mass is 16.3. The first kappa shape index (κ1) is 25.2. The summed E-state index contributed by atoms with van der Waals surface area (Å²) in [6, 6.07) is 35.8. The van der Waals surface area contributed by atoms with E-state index in [2.05, 4.69) is 49.1 Å². The fraction of sp³-hybridized carbons (Fsp3) is 0.0789. The highest BCUT2D eigenvalue weighted by Gasteiger charge is 2.40. The van der Waals surface area contributed by atoms with Crippen molar-refractivity contribution in [2.75, 3.05) is 4.90 Å². The SMILES string of the molecule is CC1(C)c2cc(N(c3ccccc3)c3ccccc3)ncc2-c2oc(C=C3C(=O)c4cc5ccccc5cc4C3=O)cc21. The molecule has 206 valence electrons. The number of furan rings is 1. The number of pyridine rings is 1. The molecule has 0 saturated carbocycles. The first-order chi connectivity index (χ1) is 20.9. The van der Waals surface area contributed by atoms with Crippen LogP contribution in [0.5, 0.6) is 0 Å². The highest BCUT2D eigenvalue weighted by Crippen LogP contribution is 2.51. The van der Waals surface area contributed by atoms with Crippen molar-refractivity contribution in [2.24, 2.45) is 0 Å². The molecule has 0 unspecified atom stereocenters. The number of benzene rings is 4. The number of ketones is 2. The van der Waals surface area contributed by atoms with E-state index in [1.807, 2.05) is 85.1 Å². The lowest BCUT2D eigenvalue weighted by Gasteiger charge is -2.26. The largest absolute Gasteiger partial charge is 0.456 e. The Morgan fingerprint density at radius 2 is 1.23 bits per heavy atom. The number of para-hydroxylation sites is 2. The molecule has 0 fully saturated rings. The zero-order chi connectivity index (χ0) is 29.3. The van der Waals surface area contributed by atoms with Crippen LogP contribution in [0.4, 0.5) is 17.2 Å². The molecule has 43 heavy (non-hydrogen) atoms. The van der Waals surface area contributed by atoms with Crippen molar-refractivity contribution >= 4 is 45.6 Å². The summed E-state index contributed by atoms with van der Waals surface area (Å²) in [5.41, 5.74) is 5.68. The van der Waals surface area contributed by atoms with Gasteiger partial charge in [-0.1, -0.05) is 74.5 Å². The molecule has 2 aliphatic carbocycles. The number of anilines is 3. The molecule has 8 rings (SSSR count). The number of Topliss-reactive ketones (excluding diaryl/α,β-unsaturated/α-hetero) is 2. The third-order valence-electron chi connectivity index (χ3n) is 8.64. The second-order valence-corrected chi connectivity index (χ2v) is 11.6. The van der Waals surface area contributed by atoms with Gasteiger partial charge in [0.1, 0.15) is 17.3 Å². The predicted molar refractivity (Wildman–Crippen MR) is 169 cm³/mol. The first-order valence-electron chi connectivity index (χ1n) is 14.3. The normalized spacial score (nSPS) is 14.5. The van der Waals surface area contributed by atoms with E-state index in [1.165, 1.54) is 0 Å². The number of carbonyl (C=O) groups is 2. The molecule has 0 amide bonds. The van der Waals surface area contributed by atoms with Gasteiger partial charge in [0.15, 0.2) is 11.6 Å². The summed E-state index contributed by atoms with van der Waals surface area (Å²) in [5.74, 6) is 1.48. The summed E-state index contributed by atoms with van der Waals surface area (Å²) < 4.78 is 6.36. The third-order valence-corrected chi connectivity index (χ3v) is 8.64. The Kier molecular flexibility index (Phi) is 5.41. The van der Waals surface area contributed by atoms with Crippen LogP contribution in [0.1, 0.15) is 51.5 Å². The van der Waals surface area contributed by atoms with Crippen molar-refractivity contribution in [1.82, 2.24) is 4.98 Å². The number of hydrogen-bond donors (Lipinski definition) is 0. The van der Waals surface area contributed by atoms with Gasteiger partial charge >= 0.3 is 0 Å². The van der Waals surface area contributed by atoms with Gasteiger partial charge in [0.05, 0.1) is 5.57 Å². The number of aromatic nitrogens is 1. The van der Waals surface area contributed by atoms with Gasteiger partial charge in [-0.25, -0.2) is 4.98 Å². The molecule has 0 atom stereocenters. The second-order valence-electron chi connectivity index (χ2n) is 11.6. The van der Waals surface area contributed by atoms with Crippen LogP contribution >= 0.6 is 0 Å². The zero-order valence-electron chi connectivity index (χ0n) is 23.7. The Labute approximate surface area is 248 Å². The van der Waals surface area contributed by atoms with Crippen molar-refractivity contribution in [2.45, 2.75) is 19.3 Å². The number of fused-ring (bicyclic) bond motifs is 5. The van der Waals surface area contributed by atoms with E-state index in [0.717, 1.165) is 50.4 Å². The van der Waals surface area contributed by atoms with Gasteiger partial charge in [-0.05, 0) is 70.9 Å². The Hall–Kier alpha value is -5.55. The second kappa shape index (κ2) is 9.23. The maximum atomic E-state index is 13.3. The summed E-state index contributed by atoms with van der Waals surface area (Å²) in [4.78, 5) is 33.7. The van der Waals surface area contributed by atoms with E-state index < -0.39 is 0 Å². The molecule has 0 aliphatic heterocycles. The minimum atomic E-state index is -0.383. The van der Waals surface area contributed by atoms with Crippen LogP contribution in [0.15, 0.2) is 125 Å². The maximum absolute atomic E-state index is 13.3. The van der Waals surface area contributed by atoms with Crippen molar-refractivity contribution in [3.8, 4) is 11.3 Å². The molecule has 2 aromatic heterocycles. The van der Waals surface area contributed by atoms with Crippen LogP contribution in [0.25, 0.3) is 28.2 Å². The van der Waals surface area contributed by atoms with Crippen molar-refractivity contribution in [3.05, 3.63) is 149 Å². The van der Waals surface area contributed by atoms with Crippen LogP contribution < -0.4 is 4.90 Å². The zero-order valence-corrected chi connectivity index (χ0v) is 23.7. The van der Waals surface area contributed by atoms with Crippen LogP contribution in [0.2, 0.25) is 0 Å². The quantitative estimate of drug-likeness (QED) is 0.160. The Bertz CT molecular complexity index is 2040. The molecular formula is C38H26N2O3. The summed E-state index contributed by atoms with van der Waals surface area (Å²) in [5, 5.41) is 1.87. The van der Waals surface area contributed by atoms with Crippen LogP contribution in [0, 0.1) is 0 Å². The summed E-state index contributed by atoms with van der Waals surface area (Å²) in [6.45, 7) is 4.33. The van der Waals surface area contributed by atoms with Crippen LogP contribution in [-0.2, 0) is 5.41 Å². The minimum Gasteiger partial charge on any atom is -0.456 e. The van der Waals surface area contributed by atoms with Crippen LogP contribution in [-0.4, -0.2) is 16.6 Å². The fourth-order valence-electron chi connectivity index (χ4n) is 6.41. The molecule has 0 saturated heterocycles. The topological polar surface area (TPSA) is 63.4 Å². The Morgan fingerprint density at radius 1 is 0.674 bits per heavy atom. The van der Waals surface area contributed by atoms with Gasteiger partial charge in [0, 0.05) is 45.2 Å². The number of rotatable bonds is 4. The van der Waals surface area contributed by atoms with Crippen molar-refractivity contribution in [1.29, 1.82) is 0 Å². The predicted octanol–water partition coefficient (Wildman–Crippen LogP) is 9.07. The minimum absolute atomic E-state index is 0.130. The third kappa shape index (κ3) is 3.82. The molecule has 6 aromatic rings. The average molecular weight is 559 g/mol. The lowest BCUT2D eigenvalue weighted by molar-refractivity contribution is 0.0990. The number of allylic oxidation sites excluding steroid dienone is 1. The average Bonchev–Trinajstić information content (AvgIpc) is 3.63. The number of hydrogen-bond acceptors (Lipinski definition) is 5. The molecule has 2 aliphatic rings. The molecule has 0 bridgehead atoms. The Balaban J connectivity index is 1.19. The molecule has 4 aromatic carbocycles. The van der Waals surface area contributed by atoms with Gasteiger partial charge in [0.25, 0.3) is 0 Å². The van der Waals surface area contributed by atoms with E-state index in [1.54, 1.807) is 6.08 Å². The van der Waals surface area contributed by atoms with E-state index >= 15 is 0 Å². The molecular weight excluding hydrogens is 532 g/mol. The van der Waals surface area contributed by atoms with E-state index in [9.17, 15) is 9.59 Å². The first-order valence-corrected chi connectivity index (χ1v) is 14.3. The molecule has 5 heteroatoms. The lowest BCUT2D eigenvalue weighted by atomic mass is 9.83. The molecule has 0 spiro atoms. The lowest BCUT2D eigenvalue weighted by Crippen LogP contribution is -2.17. The fourth-order valence-corrected chi connectivity index (χ4v) is 6.41. The monoisotopic (exact) mass is 558 g/mol. The van der Waals surface area contributed by atoms with Gasteiger partial charge < -0.3 is 4.42 Å². The van der Waals surface area contributed by atoms with Crippen molar-refractivity contribution < 1.29 is 14.0 Å². The summed E-state index contributed by atoms with van der Waals surface area (Å²) >= 11 is 0. The maximum Gasteiger partial charge on any atom is 0.197 e. The van der Waals surface area contributed by atoms with Gasteiger partial charge in [-0.15, -0.1) is 0 Å². The summed E-state index contributed by atoms with van der Waals surface area (Å²) in [7, 11) is 0. The van der Waals surface area contributed by atoms with E-state index in [-0.39, 0.29) is 22.6 Å².